The zero-order valence-corrected chi connectivity index (χ0v) is 8.94. The molecule has 0 amide bonds. The molecule has 0 aliphatic rings. The molecule has 1 aromatic carbocycles. The Morgan fingerprint density at radius 1 is 1.42 bits per heavy atom. The summed E-state index contributed by atoms with van der Waals surface area (Å²) in [6, 6.07) is 4.21. The molecule has 0 saturated carbocycles. The first kappa shape index (κ1) is 8.13. The van der Waals surface area contributed by atoms with Crippen molar-refractivity contribution in [2.75, 3.05) is 0 Å². The first-order chi connectivity index (χ1) is 5.81. The Kier molecular flexibility index (Phi) is 2.11. The first-order valence-corrected chi connectivity index (χ1v) is 5.44. The van der Waals surface area contributed by atoms with Crippen LogP contribution in [0.25, 0.3) is 11.0 Å². The van der Waals surface area contributed by atoms with Crippen LogP contribution in [0.3, 0.4) is 0 Å². The van der Waals surface area contributed by atoms with Crippen molar-refractivity contribution in [3.63, 3.8) is 0 Å². The van der Waals surface area contributed by atoms with Gasteiger partial charge in [0.25, 0.3) is 0 Å². The fourth-order valence-electron chi connectivity index (χ4n) is 1.20. The highest BCUT2D eigenvalue weighted by Gasteiger charge is 2.03. The number of rotatable bonds is 1. The molecule has 0 atom stereocenters. The molecule has 0 N–H and O–H groups in total. The molecule has 0 aliphatic heterocycles. The van der Waals surface area contributed by atoms with Gasteiger partial charge < -0.3 is 0 Å². The van der Waals surface area contributed by atoms with Gasteiger partial charge in [-0.05, 0) is 24.1 Å². The van der Waals surface area contributed by atoms with Crippen molar-refractivity contribution in [1.29, 1.82) is 0 Å². The molecule has 12 heavy (non-hydrogen) atoms. The molecular formula is C8H7BrN2S. The molecule has 0 saturated heterocycles. The molecule has 0 spiro atoms. The lowest BCUT2D eigenvalue weighted by molar-refractivity contribution is 1.38. The van der Waals surface area contributed by atoms with E-state index >= 15 is 0 Å². The van der Waals surface area contributed by atoms with E-state index in [1.807, 2.05) is 0 Å². The molecule has 62 valence electrons. The maximum Gasteiger partial charge on any atom is 0.107 e. The van der Waals surface area contributed by atoms with Crippen molar-refractivity contribution in [3.05, 3.63) is 23.3 Å². The maximum absolute atomic E-state index is 4.21. The minimum atomic E-state index is 0.876. The minimum Gasteiger partial charge on any atom is -0.173 e. The first-order valence-electron chi connectivity index (χ1n) is 3.59. The van der Waals surface area contributed by atoms with E-state index in [0.717, 1.165) is 16.4 Å². The van der Waals surface area contributed by atoms with Crippen molar-refractivity contribution in [2.24, 2.45) is 0 Å². The van der Waals surface area contributed by atoms with Gasteiger partial charge in [-0.1, -0.05) is 22.0 Å². The third-order valence-electron chi connectivity index (χ3n) is 1.77. The molecule has 1 aromatic heterocycles. The predicted molar refractivity (Wildman–Crippen MR) is 54.8 cm³/mol. The maximum atomic E-state index is 4.21. The van der Waals surface area contributed by atoms with Crippen LogP contribution in [0.1, 0.15) is 11.1 Å². The highest BCUT2D eigenvalue weighted by molar-refractivity contribution is 9.08. The van der Waals surface area contributed by atoms with E-state index < -0.39 is 0 Å². The van der Waals surface area contributed by atoms with Crippen LogP contribution < -0.4 is 0 Å². The van der Waals surface area contributed by atoms with Gasteiger partial charge >= 0.3 is 0 Å². The Balaban J connectivity index is 2.75. The fourth-order valence-corrected chi connectivity index (χ4v) is 2.12. The van der Waals surface area contributed by atoms with Gasteiger partial charge in [-0.25, -0.2) is 0 Å². The van der Waals surface area contributed by atoms with Crippen LogP contribution in [-0.4, -0.2) is 8.75 Å². The SMILES string of the molecule is Cc1cc(CBr)cc2nsnc12. The highest BCUT2D eigenvalue weighted by atomic mass is 79.9. The van der Waals surface area contributed by atoms with Gasteiger partial charge in [0.2, 0.25) is 0 Å². The molecule has 2 aromatic rings. The summed E-state index contributed by atoms with van der Waals surface area (Å²) >= 11 is 4.69. The topological polar surface area (TPSA) is 25.8 Å². The largest absolute Gasteiger partial charge is 0.173 e. The van der Waals surface area contributed by atoms with E-state index in [1.54, 1.807) is 0 Å². The van der Waals surface area contributed by atoms with Crippen LogP contribution in [0.4, 0.5) is 0 Å². The van der Waals surface area contributed by atoms with Crippen LogP contribution >= 0.6 is 27.7 Å². The van der Waals surface area contributed by atoms with Gasteiger partial charge in [-0.2, -0.15) is 8.75 Å². The van der Waals surface area contributed by atoms with E-state index in [9.17, 15) is 0 Å². The zero-order chi connectivity index (χ0) is 8.55. The Labute approximate surface area is 83.1 Å². The van der Waals surface area contributed by atoms with Gasteiger partial charge in [0, 0.05) is 5.33 Å². The van der Waals surface area contributed by atoms with Gasteiger partial charge in [0.15, 0.2) is 0 Å². The van der Waals surface area contributed by atoms with Crippen LogP contribution in [0.15, 0.2) is 12.1 Å². The second-order valence-corrected chi connectivity index (χ2v) is 3.77. The normalized spacial score (nSPS) is 10.8. The number of halogens is 1. The van der Waals surface area contributed by atoms with Gasteiger partial charge in [-0.15, -0.1) is 0 Å². The zero-order valence-electron chi connectivity index (χ0n) is 6.54. The second kappa shape index (κ2) is 3.11. The molecule has 0 aliphatic carbocycles. The molecule has 4 heteroatoms. The van der Waals surface area contributed by atoms with Crippen LogP contribution in [0, 0.1) is 6.92 Å². The summed E-state index contributed by atoms with van der Waals surface area (Å²) in [5, 5.41) is 0.876. The summed E-state index contributed by atoms with van der Waals surface area (Å²) in [4.78, 5) is 0. The number of aromatic nitrogens is 2. The lowest BCUT2D eigenvalue weighted by Crippen LogP contribution is -1.82. The van der Waals surface area contributed by atoms with Crippen molar-refractivity contribution in [1.82, 2.24) is 8.75 Å². The predicted octanol–water partition coefficient (Wildman–Crippen LogP) is 2.89. The van der Waals surface area contributed by atoms with Gasteiger partial charge in [0.05, 0.1) is 11.7 Å². The van der Waals surface area contributed by atoms with E-state index in [2.05, 4.69) is 43.7 Å². The van der Waals surface area contributed by atoms with Gasteiger partial charge in [-0.3, -0.25) is 0 Å². The molecule has 2 rings (SSSR count). The summed E-state index contributed by atoms with van der Waals surface area (Å²) in [7, 11) is 0. The number of fused-ring (bicyclic) bond motifs is 1. The van der Waals surface area contributed by atoms with E-state index in [1.165, 1.54) is 22.9 Å². The minimum absolute atomic E-state index is 0.876. The van der Waals surface area contributed by atoms with Crippen molar-refractivity contribution >= 4 is 38.7 Å². The van der Waals surface area contributed by atoms with Crippen LogP contribution in [0.2, 0.25) is 0 Å². The third-order valence-corrected chi connectivity index (χ3v) is 2.96. The van der Waals surface area contributed by atoms with Crippen molar-refractivity contribution in [2.45, 2.75) is 12.3 Å². The molecule has 2 nitrogen and oxygen atoms in total. The number of aryl methyl sites for hydroxylation is 1. The number of hydrogen-bond donors (Lipinski definition) is 0. The van der Waals surface area contributed by atoms with Crippen molar-refractivity contribution in [3.8, 4) is 0 Å². The molecule has 0 radical (unpaired) electrons. The highest BCUT2D eigenvalue weighted by Crippen LogP contribution is 2.19. The quantitative estimate of drug-likeness (QED) is 0.719. The molecule has 0 fully saturated rings. The monoisotopic (exact) mass is 242 g/mol. The smallest absolute Gasteiger partial charge is 0.107 e. The summed E-state index contributed by atoms with van der Waals surface area (Å²) in [5.41, 5.74) is 4.50. The number of hydrogen-bond acceptors (Lipinski definition) is 3. The van der Waals surface area contributed by atoms with Crippen LogP contribution in [0.5, 0.6) is 0 Å². The average molecular weight is 243 g/mol. The van der Waals surface area contributed by atoms with E-state index in [4.69, 9.17) is 0 Å². The molecule has 0 unspecified atom stereocenters. The third kappa shape index (κ3) is 1.25. The summed E-state index contributed by atoms with van der Waals surface area (Å²) in [6.45, 7) is 2.07. The Morgan fingerprint density at radius 2 is 2.25 bits per heavy atom. The summed E-state index contributed by atoms with van der Waals surface area (Å²) in [6.07, 6.45) is 0. The average Bonchev–Trinajstić information content (AvgIpc) is 2.52. The fraction of sp³-hybridized carbons (Fsp3) is 0.250. The van der Waals surface area contributed by atoms with Gasteiger partial charge in [0.1, 0.15) is 11.0 Å². The van der Waals surface area contributed by atoms with E-state index in [-0.39, 0.29) is 0 Å². The Morgan fingerprint density at radius 3 is 3.00 bits per heavy atom. The summed E-state index contributed by atoms with van der Waals surface area (Å²) < 4.78 is 8.41. The lowest BCUT2D eigenvalue weighted by Gasteiger charge is -1.97. The summed E-state index contributed by atoms with van der Waals surface area (Å²) in [5.74, 6) is 0. The van der Waals surface area contributed by atoms with Crippen molar-refractivity contribution < 1.29 is 0 Å². The number of nitrogens with zero attached hydrogens (tertiary/aromatic N) is 2. The second-order valence-electron chi connectivity index (χ2n) is 2.68. The Bertz CT molecular complexity index is 410. The van der Waals surface area contributed by atoms with E-state index in [0.29, 0.717) is 0 Å². The molecule has 0 bridgehead atoms. The lowest BCUT2D eigenvalue weighted by atomic mass is 10.1. The number of alkyl halides is 1. The molecule has 1 heterocycles. The standard InChI is InChI=1S/C8H7BrN2S/c1-5-2-6(4-9)3-7-8(5)11-12-10-7/h2-3H,4H2,1H3. The Hall–Kier alpha value is -0.480. The number of benzene rings is 1. The molecular weight excluding hydrogens is 236 g/mol. The van der Waals surface area contributed by atoms with Crippen LogP contribution in [-0.2, 0) is 5.33 Å².